The summed E-state index contributed by atoms with van der Waals surface area (Å²) in [5, 5.41) is 24.7. The van der Waals surface area contributed by atoms with Gasteiger partial charge < -0.3 is 38.9 Å². The zero-order valence-electron chi connectivity index (χ0n) is 32.9. The van der Waals surface area contributed by atoms with E-state index in [-0.39, 0.29) is 55.3 Å². The lowest BCUT2D eigenvalue weighted by Crippen LogP contribution is -2.69. The summed E-state index contributed by atoms with van der Waals surface area (Å²) in [6, 6.07) is 16.0. The molecule has 0 spiro atoms. The standard InChI is InChI=1S/C45H60N2O8S/c1-3-24-53-45-40(47(2)44(50)31-18-19-31)30-38(46-55-41-17-9-12-25-52-41)36-28-32(13-7-10-22-48)35(16-8-11-23-49)42(43(36)45)37-29-33(20-21-39(37)54-45)51-26-27-56-34-14-5-4-6-15-34/h3-6,14-15,20-21,28-29,31-32,35,40-43,48-49H,1,7-13,16-19,22-27,30H2,2H3. The third kappa shape index (κ3) is 9.18. The van der Waals surface area contributed by atoms with E-state index in [0.29, 0.717) is 26.1 Å². The van der Waals surface area contributed by atoms with E-state index in [0.717, 1.165) is 98.3 Å². The van der Waals surface area contributed by atoms with E-state index in [9.17, 15) is 15.0 Å². The van der Waals surface area contributed by atoms with Crippen molar-refractivity contribution in [3.05, 3.63) is 78.4 Å². The second kappa shape index (κ2) is 19.4. The average Bonchev–Trinajstić information content (AvgIpc) is 4.08. The number of rotatable bonds is 20. The molecule has 304 valence electrons. The van der Waals surface area contributed by atoms with Crippen molar-refractivity contribution < 1.29 is 38.8 Å². The summed E-state index contributed by atoms with van der Waals surface area (Å²) in [7, 11) is 1.89. The largest absolute Gasteiger partial charge is 0.493 e. The molecule has 3 aliphatic carbocycles. The topological polar surface area (TPSA) is 119 Å². The molecule has 2 aromatic rings. The van der Waals surface area contributed by atoms with Crippen molar-refractivity contribution >= 4 is 23.4 Å². The zero-order valence-corrected chi connectivity index (χ0v) is 33.7. The van der Waals surface area contributed by atoms with Gasteiger partial charge in [0.1, 0.15) is 17.5 Å². The molecule has 2 aliphatic heterocycles. The van der Waals surface area contributed by atoms with Crippen LogP contribution in [-0.2, 0) is 19.1 Å². The van der Waals surface area contributed by atoms with Gasteiger partial charge in [-0.3, -0.25) is 4.79 Å². The van der Waals surface area contributed by atoms with Gasteiger partial charge in [-0.05, 0) is 99.1 Å². The molecule has 0 radical (unpaired) electrons. The van der Waals surface area contributed by atoms with E-state index < -0.39 is 18.1 Å². The zero-order chi connectivity index (χ0) is 38.9. The highest BCUT2D eigenvalue weighted by Gasteiger charge is 2.65. The Kier molecular flexibility index (Phi) is 14.1. The molecule has 11 heteroatoms. The Morgan fingerprint density at radius 1 is 1.05 bits per heavy atom. The number of ether oxygens (including phenoxy) is 4. The maximum Gasteiger partial charge on any atom is 0.239 e. The van der Waals surface area contributed by atoms with Gasteiger partial charge in [0.2, 0.25) is 18.0 Å². The number of thioether (sulfide) groups is 1. The predicted octanol–water partition coefficient (Wildman–Crippen LogP) is 7.89. The van der Waals surface area contributed by atoms with Crippen LogP contribution in [0.5, 0.6) is 11.5 Å². The molecule has 7 rings (SSSR count). The minimum Gasteiger partial charge on any atom is -0.493 e. The van der Waals surface area contributed by atoms with Gasteiger partial charge >= 0.3 is 0 Å². The summed E-state index contributed by atoms with van der Waals surface area (Å²) >= 11 is 1.77. The minimum absolute atomic E-state index is 0.000553. The van der Waals surface area contributed by atoms with Gasteiger partial charge in [0.25, 0.3) is 0 Å². The number of hydrogen-bond donors (Lipinski definition) is 2. The summed E-state index contributed by atoms with van der Waals surface area (Å²) in [6.45, 7) is 5.73. The van der Waals surface area contributed by atoms with E-state index in [2.05, 4.69) is 30.9 Å². The monoisotopic (exact) mass is 788 g/mol. The normalized spacial score (nSPS) is 28.7. The first kappa shape index (κ1) is 40.8. The van der Waals surface area contributed by atoms with Crippen molar-refractivity contribution in [2.45, 2.75) is 106 Å². The lowest BCUT2D eigenvalue weighted by atomic mass is 9.55. The van der Waals surface area contributed by atoms with Crippen molar-refractivity contribution in [3.63, 3.8) is 0 Å². The van der Waals surface area contributed by atoms with Crippen molar-refractivity contribution in [2.24, 2.45) is 28.8 Å². The fraction of sp³-hybridized carbons (Fsp3) is 0.600. The molecule has 2 saturated carbocycles. The molecule has 0 bridgehead atoms. The molecule has 10 nitrogen and oxygen atoms in total. The molecule has 2 N–H and O–H groups in total. The first-order valence-corrected chi connectivity index (χ1v) is 21.9. The van der Waals surface area contributed by atoms with Crippen LogP contribution in [0.1, 0.15) is 88.5 Å². The van der Waals surface area contributed by atoms with Crippen LogP contribution in [0, 0.1) is 23.7 Å². The quantitative estimate of drug-likeness (QED) is 0.0598. The molecule has 7 atom stereocenters. The number of aliphatic hydroxyl groups is 2. The van der Waals surface area contributed by atoms with Crippen molar-refractivity contribution in [1.29, 1.82) is 0 Å². The van der Waals surface area contributed by atoms with Crippen LogP contribution in [0.25, 0.3) is 0 Å². The molecule has 0 aromatic heterocycles. The number of nitrogens with zero attached hydrogens (tertiary/aromatic N) is 2. The number of oxime groups is 1. The fourth-order valence-corrected chi connectivity index (χ4v) is 10.1. The van der Waals surface area contributed by atoms with E-state index in [1.165, 1.54) is 4.90 Å². The smallest absolute Gasteiger partial charge is 0.239 e. The Bertz CT molecular complexity index is 1680. The number of hydrogen-bond acceptors (Lipinski definition) is 10. The number of amides is 1. The van der Waals surface area contributed by atoms with Crippen LogP contribution in [0.4, 0.5) is 0 Å². The van der Waals surface area contributed by atoms with Gasteiger partial charge in [0.05, 0.1) is 31.5 Å². The summed E-state index contributed by atoms with van der Waals surface area (Å²) in [5.74, 6) is 1.05. The summed E-state index contributed by atoms with van der Waals surface area (Å²) in [4.78, 5) is 23.3. The molecule has 3 fully saturated rings. The highest BCUT2D eigenvalue weighted by Crippen LogP contribution is 2.62. The van der Waals surface area contributed by atoms with Crippen LogP contribution < -0.4 is 9.47 Å². The van der Waals surface area contributed by atoms with E-state index in [4.69, 9.17) is 28.9 Å². The number of fused-ring (bicyclic) bond motifs is 2. The van der Waals surface area contributed by atoms with E-state index >= 15 is 0 Å². The third-order valence-corrected chi connectivity index (χ3v) is 13.1. The first-order valence-electron chi connectivity index (χ1n) is 20.9. The first-order chi connectivity index (χ1) is 27.5. The highest BCUT2D eigenvalue weighted by molar-refractivity contribution is 7.99. The molecule has 5 aliphatic rings. The van der Waals surface area contributed by atoms with Crippen LogP contribution in [0.15, 0.2) is 82.9 Å². The third-order valence-electron chi connectivity index (χ3n) is 12.2. The van der Waals surface area contributed by atoms with E-state index in [1.807, 2.05) is 42.3 Å². The van der Waals surface area contributed by atoms with Crippen LogP contribution in [0.3, 0.4) is 0 Å². The Balaban J connectivity index is 1.33. The van der Waals surface area contributed by atoms with Gasteiger partial charge in [-0.2, -0.15) is 0 Å². The molecule has 56 heavy (non-hydrogen) atoms. The highest BCUT2D eigenvalue weighted by atomic mass is 32.2. The summed E-state index contributed by atoms with van der Waals surface area (Å²) < 4.78 is 26.7. The molecular formula is C45H60N2O8S. The molecule has 1 amide bonds. The van der Waals surface area contributed by atoms with Crippen LogP contribution in [-0.4, -0.2) is 90.7 Å². The summed E-state index contributed by atoms with van der Waals surface area (Å²) in [5.41, 5.74) is 2.88. The number of allylic oxidation sites excluding steroid dienone is 1. The number of benzene rings is 2. The maximum absolute atomic E-state index is 14.0. The number of carbonyl (C=O) groups is 1. The second-order valence-corrected chi connectivity index (χ2v) is 17.1. The number of unbranched alkanes of at least 4 members (excludes halogenated alkanes) is 2. The minimum atomic E-state index is -1.24. The molecular weight excluding hydrogens is 729 g/mol. The van der Waals surface area contributed by atoms with Gasteiger partial charge in [0.15, 0.2) is 0 Å². The SMILES string of the molecule is C=CCOC12Oc3ccc(OCCSc4ccccc4)cc3C3C(CCCCO)C(CCCCO)C=C(C(=NOC4CCCCO4)CC1N(C)C(=O)C1CC1)C32. The average molecular weight is 789 g/mol. The Labute approximate surface area is 336 Å². The molecule has 2 aromatic carbocycles. The number of likely N-dealkylation sites (N-methyl/N-ethyl adjacent to an activating group) is 1. The van der Waals surface area contributed by atoms with Crippen LogP contribution in [0.2, 0.25) is 0 Å². The summed E-state index contributed by atoms with van der Waals surface area (Å²) in [6.07, 6.45) is 13.6. The second-order valence-electron chi connectivity index (χ2n) is 15.9. The Morgan fingerprint density at radius 2 is 1.86 bits per heavy atom. The predicted molar refractivity (Wildman–Crippen MR) is 218 cm³/mol. The fourth-order valence-electron chi connectivity index (χ4n) is 9.34. The lowest BCUT2D eigenvalue weighted by Gasteiger charge is -2.59. The number of carbonyl (C=O) groups excluding carboxylic acids is 1. The van der Waals surface area contributed by atoms with Gasteiger partial charge in [-0.25, -0.2) is 0 Å². The Hall–Kier alpha value is -3.35. The maximum atomic E-state index is 14.0. The molecule has 2 heterocycles. The Morgan fingerprint density at radius 3 is 2.59 bits per heavy atom. The van der Waals surface area contributed by atoms with Crippen LogP contribution >= 0.6 is 11.8 Å². The molecule has 7 unspecified atom stereocenters. The number of aliphatic hydroxyl groups excluding tert-OH is 2. The van der Waals surface area contributed by atoms with Crippen molar-refractivity contribution in [1.82, 2.24) is 4.90 Å². The van der Waals surface area contributed by atoms with Gasteiger partial charge in [-0.1, -0.05) is 48.3 Å². The molecule has 1 saturated heterocycles. The van der Waals surface area contributed by atoms with Gasteiger partial charge in [0, 0.05) is 61.2 Å². The van der Waals surface area contributed by atoms with Gasteiger partial charge in [-0.15, -0.1) is 18.3 Å². The lowest BCUT2D eigenvalue weighted by molar-refractivity contribution is -0.256. The van der Waals surface area contributed by atoms with Crippen molar-refractivity contribution in [3.8, 4) is 11.5 Å². The van der Waals surface area contributed by atoms with Crippen molar-refractivity contribution in [2.75, 3.05) is 45.8 Å². The van der Waals surface area contributed by atoms with E-state index in [1.54, 1.807) is 17.8 Å².